The molecule has 1 aromatic rings. The number of furan rings is 1. The summed E-state index contributed by atoms with van der Waals surface area (Å²) in [5.41, 5.74) is 1.84. The van der Waals surface area contributed by atoms with Crippen LogP contribution in [0.2, 0.25) is 0 Å². The van der Waals surface area contributed by atoms with Crippen molar-refractivity contribution >= 4 is 5.78 Å². The van der Waals surface area contributed by atoms with E-state index in [0.717, 1.165) is 25.2 Å². The third-order valence-corrected chi connectivity index (χ3v) is 7.52. The summed E-state index contributed by atoms with van der Waals surface area (Å²) in [6.45, 7) is 9.49. The largest absolute Gasteiger partial charge is 0.472 e. The monoisotopic (exact) mass is 302 g/mol. The highest BCUT2D eigenvalue weighted by atomic mass is 16.3. The Hall–Kier alpha value is -1.05. The molecule has 0 N–H and O–H groups in total. The lowest BCUT2D eigenvalue weighted by Gasteiger charge is -2.59. The van der Waals surface area contributed by atoms with Gasteiger partial charge in [-0.05, 0) is 66.4 Å². The predicted molar refractivity (Wildman–Crippen MR) is 88.5 cm³/mol. The van der Waals surface area contributed by atoms with Gasteiger partial charge in [0.2, 0.25) is 0 Å². The Morgan fingerprint density at radius 2 is 2.05 bits per heavy atom. The van der Waals surface area contributed by atoms with Gasteiger partial charge in [0.15, 0.2) is 0 Å². The Labute approximate surface area is 134 Å². The van der Waals surface area contributed by atoms with Crippen LogP contribution in [0, 0.1) is 28.6 Å². The minimum Gasteiger partial charge on any atom is -0.472 e. The van der Waals surface area contributed by atoms with Crippen molar-refractivity contribution < 1.29 is 9.21 Å². The molecule has 22 heavy (non-hydrogen) atoms. The van der Waals surface area contributed by atoms with Gasteiger partial charge in [-0.1, -0.05) is 27.7 Å². The molecule has 0 aromatic carbocycles. The van der Waals surface area contributed by atoms with Crippen molar-refractivity contribution in [2.45, 2.75) is 66.2 Å². The third kappa shape index (κ3) is 2.35. The molecule has 2 saturated carbocycles. The lowest BCUT2D eigenvalue weighted by atomic mass is 9.44. The number of aryl methyl sites for hydroxylation is 1. The normalized spacial score (nSPS) is 42.2. The number of ketones is 1. The highest BCUT2D eigenvalue weighted by molar-refractivity contribution is 5.82. The molecular formula is C20H30O2. The second kappa shape index (κ2) is 5.54. The second-order valence-corrected chi connectivity index (χ2v) is 8.36. The van der Waals surface area contributed by atoms with Crippen molar-refractivity contribution in [2.75, 3.05) is 0 Å². The van der Waals surface area contributed by atoms with E-state index in [9.17, 15) is 4.79 Å². The first-order valence-corrected chi connectivity index (χ1v) is 8.91. The molecule has 0 amide bonds. The first-order valence-electron chi connectivity index (χ1n) is 8.91. The summed E-state index contributed by atoms with van der Waals surface area (Å²) in [7, 11) is 0. The number of Topliss-reactive ketones (excluding diaryl/α,β-unsaturated/α-hetero) is 1. The van der Waals surface area contributed by atoms with Gasteiger partial charge in [0.1, 0.15) is 5.78 Å². The fourth-order valence-electron chi connectivity index (χ4n) is 5.45. The molecule has 0 unspecified atom stereocenters. The van der Waals surface area contributed by atoms with Crippen LogP contribution in [0.3, 0.4) is 0 Å². The Morgan fingerprint density at radius 1 is 1.27 bits per heavy atom. The molecule has 1 heterocycles. The maximum Gasteiger partial charge on any atom is 0.136 e. The molecule has 2 heteroatoms. The van der Waals surface area contributed by atoms with Crippen LogP contribution in [-0.2, 0) is 11.2 Å². The van der Waals surface area contributed by atoms with Crippen molar-refractivity contribution in [3.63, 3.8) is 0 Å². The zero-order valence-corrected chi connectivity index (χ0v) is 14.5. The fraction of sp³-hybridized carbons (Fsp3) is 0.750. The molecule has 1 aromatic heterocycles. The average molecular weight is 302 g/mol. The van der Waals surface area contributed by atoms with E-state index in [1.54, 1.807) is 6.26 Å². The van der Waals surface area contributed by atoms with Gasteiger partial charge in [-0.15, -0.1) is 0 Å². The molecule has 0 aliphatic heterocycles. The van der Waals surface area contributed by atoms with Crippen LogP contribution in [0.1, 0.15) is 65.4 Å². The molecule has 2 aliphatic carbocycles. The van der Waals surface area contributed by atoms with Gasteiger partial charge in [0, 0.05) is 12.3 Å². The van der Waals surface area contributed by atoms with Gasteiger partial charge >= 0.3 is 0 Å². The van der Waals surface area contributed by atoms with E-state index in [1.165, 1.54) is 24.8 Å². The smallest absolute Gasteiger partial charge is 0.136 e. The van der Waals surface area contributed by atoms with Gasteiger partial charge in [-0.3, -0.25) is 4.79 Å². The number of hydrogen-bond acceptors (Lipinski definition) is 2. The van der Waals surface area contributed by atoms with E-state index in [-0.39, 0.29) is 11.3 Å². The minimum absolute atomic E-state index is 0.201. The minimum atomic E-state index is 0.201. The van der Waals surface area contributed by atoms with Crippen molar-refractivity contribution in [1.29, 1.82) is 0 Å². The molecule has 0 saturated heterocycles. The van der Waals surface area contributed by atoms with Gasteiger partial charge in [0.25, 0.3) is 0 Å². The van der Waals surface area contributed by atoms with Crippen LogP contribution >= 0.6 is 0 Å². The van der Waals surface area contributed by atoms with Gasteiger partial charge in [-0.25, -0.2) is 0 Å². The number of hydrogen-bond donors (Lipinski definition) is 0. The highest BCUT2D eigenvalue weighted by Gasteiger charge is 2.56. The maximum atomic E-state index is 12.3. The van der Waals surface area contributed by atoms with Crippen LogP contribution in [-0.4, -0.2) is 5.78 Å². The summed E-state index contributed by atoms with van der Waals surface area (Å²) in [5, 5.41) is 0. The molecule has 2 fully saturated rings. The van der Waals surface area contributed by atoms with Gasteiger partial charge < -0.3 is 4.42 Å². The molecule has 2 aliphatic rings. The molecule has 2 nitrogen and oxygen atoms in total. The van der Waals surface area contributed by atoms with Crippen LogP contribution < -0.4 is 0 Å². The molecule has 5 atom stereocenters. The molecule has 122 valence electrons. The van der Waals surface area contributed by atoms with Crippen LogP contribution in [0.15, 0.2) is 23.0 Å². The van der Waals surface area contributed by atoms with Crippen molar-refractivity contribution in [1.82, 2.24) is 0 Å². The zero-order chi connectivity index (χ0) is 16.0. The summed E-state index contributed by atoms with van der Waals surface area (Å²) < 4.78 is 5.23. The maximum absolute atomic E-state index is 12.3. The first-order chi connectivity index (χ1) is 10.4. The zero-order valence-electron chi connectivity index (χ0n) is 14.5. The topological polar surface area (TPSA) is 30.2 Å². The predicted octanol–water partition coefficient (Wildman–Crippen LogP) is 5.27. The molecule has 0 bridgehead atoms. The van der Waals surface area contributed by atoms with E-state index in [4.69, 9.17) is 4.42 Å². The van der Waals surface area contributed by atoms with E-state index >= 15 is 0 Å². The van der Waals surface area contributed by atoms with E-state index in [1.807, 2.05) is 6.26 Å². The summed E-state index contributed by atoms with van der Waals surface area (Å²) >= 11 is 0. The van der Waals surface area contributed by atoms with Crippen molar-refractivity contribution in [2.24, 2.45) is 28.6 Å². The van der Waals surface area contributed by atoms with E-state index < -0.39 is 0 Å². The van der Waals surface area contributed by atoms with Crippen molar-refractivity contribution in [3.8, 4) is 0 Å². The second-order valence-electron chi connectivity index (χ2n) is 8.36. The summed E-state index contributed by atoms with van der Waals surface area (Å²) in [5.74, 6) is 2.12. The lowest BCUT2D eigenvalue weighted by molar-refractivity contribution is -0.148. The van der Waals surface area contributed by atoms with Crippen LogP contribution in [0.25, 0.3) is 0 Å². The molecular weight excluding hydrogens is 272 g/mol. The molecule has 0 radical (unpaired) electrons. The van der Waals surface area contributed by atoms with E-state index in [2.05, 4.69) is 33.8 Å². The Balaban J connectivity index is 1.85. The Bertz CT molecular complexity index is 532. The summed E-state index contributed by atoms with van der Waals surface area (Å²) in [6, 6.07) is 2.09. The number of rotatable bonds is 3. The molecule has 3 rings (SSSR count). The fourth-order valence-corrected chi connectivity index (χ4v) is 5.45. The average Bonchev–Trinajstić information content (AvgIpc) is 3.00. The van der Waals surface area contributed by atoms with Crippen LogP contribution in [0.5, 0.6) is 0 Å². The lowest BCUT2D eigenvalue weighted by Crippen LogP contribution is -2.54. The summed E-state index contributed by atoms with van der Waals surface area (Å²) in [6.07, 6.45) is 10.3. The Kier molecular flexibility index (Phi) is 3.99. The van der Waals surface area contributed by atoms with Crippen LogP contribution in [0.4, 0.5) is 0 Å². The van der Waals surface area contributed by atoms with E-state index in [0.29, 0.717) is 17.1 Å². The summed E-state index contributed by atoms with van der Waals surface area (Å²) in [4.78, 5) is 12.3. The van der Waals surface area contributed by atoms with Gasteiger partial charge in [0.05, 0.1) is 12.5 Å². The quantitative estimate of drug-likeness (QED) is 0.761. The van der Waals surface area contributed by atoms with Crippen molar-refractivity contribution in [3.05, 3.63) is 24.2 Å². The number of carbonyl (C=O) groups is 1. The first kappa shape index (κ1) is 15.8. The third-order valence-electron chi connectivity index (χ3n) is 7.52. The number of carbonyl (C=O) groups excluding carboxylic acids is 1. The van der Waals surface area contributed by atoms with Gasteiger partial charge in [-0.2, -0.15) is 0 Å². The Morgan fingerprint density at radius 3 is 2.73 bits per heavy atom. The highest BCUT2D eigenvalue weighted by Crippen LogP contribution is 2.62. The standard InChI is InChI=1S/C20H30O2/c1-14-7-10-20(4)15(2)17(21)5-6-18(20)19(14,3)11-8-16-9-12-22-13-16/h9,12-15,18H,5-8,10-11H2,1-4H3/t14-,15-,18-,19+,20-/m0/s1. The number of fused-ring (bicyclic) bond motifs is 1. The molecule has 0 spiro atoms. The SMILES string of the molecule is C[C@H]1CC[C@]2(C)[C@@H](CCC(=O)[C@@H]2C)[C@]1(C)CCc1ccoc1.